The monoisotopic (exact) mass is 399 g/mol. The number of halogens is 1. The summed E-state index contributed by atoms with van der Waals surface area (Å²) in [5.74, 6) is 3.50. The summed E-state index contributed by atoms with van der Waals surface area (Å²) in [6.07, 6.45) is 11.8. The third-order valence-electron chi connectivity index (χ3n) is 4.62. The average Bonchev–Trinajstić information content (AvgIpc) is 3.32. The van der Waals surface area contributed by atoms with Gasteiger partial charge in [0.2, 0.25) is 0 Å². The lowest BCUT2D eigenvalue weighted by Crippen LogP contribution is -2.13. The van der Waals surface area contributed by atoms with Crippen LogP contribution < -0.4 is 5.32 Å². The quantitative estimate of drug-likeness (QED) is 0.545. The first-order valence-corrected chi connectivity index (χ1v) is 9.68. The Balaban J connectivity index is 1.89. The number of hydrogen-bond acceptors (Lipinski definition) is 3. The maximum absolute atomic E-state index is 5.01. The molecule has 0 spiro atoms. The van der Waals surface area contributed by atoms with Gasteiger partial charge in [-0.05, 0) is 54.7 Å². The van der Waals surface area contributed by atoms with Crippen molar-refractivity contribution in [1.82, 2.24) is 9.97 Å². The maximum Gasteiger partial charge on any atom is 0.143 e. The molecule has 21 heavy (non-hydrogen) atoms. The molecule has 1 heterocycles. The predicted molar refractivity (Wildman–Crippen MR) is 95.9 cm³/mol. The first kappa shape index (κ1) is 15.5. The van der Waals surface area contributed by atoms with Crippen molar-refractivity contribution in [2.24, 2.45) is 0 Å². The summed E-state index contributed by atoms with van der Waals surface area (Å²) in [6, 6.07) is 0. The molecule has 2 aliphatic carbocycles. The fourth-order valence-electron chi connectivity index (χ4n) is 3.19. The third kappa shape index (κ3) is 3.88. The molecule has 1 aromatic rings. The highest BCUT2D eigenvalue weighted by Gasteiger charge is 2.30. The number of rotatable bonds is 5. The third-order valence-corrected chi connectivity index (χ3v) is 5.68. The first-order valence-electron chi connectivity index (χ1n) is 8.60. The SMILES string of the molecule is CCCNc1nc(C2CCCCCC2)nc(C2CC2)c1I. The Morgan fingerprint density at radius 3 is 2.33 bits per heavy atom. The molecule has 3 rings (SSSR count). The normalized spacial score (nSPS) is 20.3. The van der Waals surface area contributed by atoms with Gasteiger partial charge in [-0.3, -0.25) is 0 Å². The molecule has 2 aliphatic rings. The van der Waals surface area contributed by atoms with Crippen LogP contribution in [0.1, 0.15) is 88.1 Å². The topological polar surface area (TPSA) is 37.8 Å². The number of hydrogen-bond donors (Lipinski definition) is 1. The van der Waals surface area contributed by atoms with Crippen LogP contribution in [0.4, 0.5) is 5.82 Å². The van der Waals surface area contributed by atoms with Crippen LogP contribution in [-0.2, 0) is 0 Å². The van der Waals surface area contributed by atoms with E-state index in [1.165, 1.54) is 60.6 Å². The van der Waals surface area contributed by atoms with Crippen LogP contribution in [0.5, 0.6) is 0 Å². The Bertz CT molecular complexity index is 477. The van der Waals surface area contributed by atoms with E-state index in [0.29, 0.717) is 11.8 Å². The molecule has 0 saturated heterocycles. The smallest absolute Gasteiger partial charge is 0.143 e. The second-order valence-corrected chi connectivity index (χ2v) is 7.60. The van der Waals surface area contributed by atoms with Crippen molar-refractivity contribution in [2.75, 3.05) is 11.9 Å². The van der Waals surface area contributed by atoms with E-state index in [9.17, 15) is 0 Å². The fourth-order valence-corrected chi connectivity index (χ4v) is 4.06. The number of nitrogens with zero attached hydrogens (tertiary/aromatic N) is 2. The largest absolute Gasteiger partial charge is 0.369 e. The van der Waals surface area contributed by atoms with E-state index in [-0.39, 0.29) is 0 Å². The van der Waals surface area contributed by atoms with E-state index in [2.05, 4.69) is 34.8 Å². The second-order valence-electron chi connectivity index (χ2n) is 6.52. The molecule has 1 N–H and O–H groups in total. The molecule has 0 bridgehead atoms. The van der Waals surface area contributed by atoms with Crippen LogP contribution in [0.3, 0.4) is 0 Å². The van der Waals surface area contributed by atoms with Gasteiger partial charge in [-0.15, -0.1) is 0 Å². The van der Waals surface area contributed by atoms with Gasteiger partial charge in [0.1, 0.15) is 11.6 Å². The van der Waals surface area contributed by atoms with Crippen LogP contribution in [0.15, 0.2) is 0 Å². The highest BCUT2D eigenvalue weighted by Crippen LogP contribution is 2.43. The lowest BCUT2D eigenvalue weighted by Gasteiger charge is -2.17. The second kappa shape index (κ2) is 7.25. The van der Waals surface area contributed by atoms with E-state index < -0.39 is 0 Å². The zero-order valence-corrected chi connectivity index (χ0v) is 15.2. The minimum Gasteiger partial charge on any atom is -0.369 e. The van der Waals surface area contributed by atoms with Gasteiger partial charge in [0, 0.05) is 18.4 Å². The Morgan fingerprint density at radius 1 is 1.00 bits per heavy atom. The first-order chi connectivity index (χ1) is 10.3. The van der Waals surface area contributed by atoms with Crippen LogP contribution in [0, 0.1) is 3.57 Å². The van der Waals surface area contributed by atoms with Gasteiger partial charge in [-0.25, -0.2) is 9.97 Å². The molecule has 0 aromatic carbocycles. The molecule has 116 valence electrons. The van der Waals surface area contributed by atoms with E-state index in [4.69, 9.17) is 9.97 Å². The Morgan fingerprint density at radius 2 is 1.71 bits per heavy atom. The summed E-state index contributed by atoms with van der Waals surface area (Å²) in [6.45, 7) is 3.20. The van der Waals surface area contributed by atoms with Gasteiger partial charge in [-0.2, -0.15) is 0 Å². The van der Waals surface area contributed by atoms with Crippen molar-refractivity contribution in [2.45, 2.75) is 76.5 Å². The lowest BCUT2D eigenvalue weighted by atomic mass is 9.99. The highest BCUT2D eigenvalue weighted by molar-refractivity contribution is 14.1. The summed E-state index contributed by atoms with van der Waals surface area (Å²) >= 11 is 2.44. The molecule has 0 unspecified atom stereocenters. The average molecular weight is 399 g/mol. The zero-order valence-electron chi connectivity index (χ0n) is 13.0. The minimum absolute atomic E-state index is 0.587. The summed E-state index contributed by atoms with van der Waals surface area (Å²) in [5, 5.41) is 3.52. The van der Waals surface area contributed by atoms with E-state index >= 15 is 0 Å². The lowest BCUT2D eigenvalue weighted by molar-refractivity contribution is 0.557. The molecule has 4 heteroatoms. The standard InChI is InChI=1S/C17H26IN3/c1-2-11-19-17-14(18)15(12-9-10-12)20-16(21-17)13-7-5-3-4-6-8-13/h12-13H,2-11H2,1H3,(H,19,20,21). The fraction of sp³-hybridized carbons (Fsp3) is 0.765. The van der Waals surface area contributed by atoms with E-state index in [1.807, 2.05) is 0 Å². The minimum atomic E-state index is 0.587. The Kier molecular flexibility index (Phi) is 5.35. The molecular weight excluding hydrogens is 373 g/mol. The van der Waals surface area contributed by atoms with Crippen molar-refractivity contribution in [3.63, 3.8) is 0 Å². The van der Waals surface area contributed by atoms with E-state index in [0.717, 1.165) is 24.6 Å². The van der Waals surface area contributed by atoms with Gasteiger partial charge < -0.3 is 5.32 Å². The van der Waals surface area contributed by atoms with Crippen LogP contribution >= 0.6 is 22.6 Å². The molecule has 3 nitrogen and oxygen atoms in total. The molecule has 1 aromatic heterocycles. The molecular formula is C17H26IN3. The number of aromatic nitrogens is 2. The van der Waals surface area contributed by atoms with Crippen molar-refractivity contribution < 1.29 is 0 Å². The molecule has 0 radical (unpaired) electrons. The van der Waals surface area contributed by atoms with Crippen molar-refractivity contribution in [1.29, 1.82) is 0 Å². The predicted octanol–water partition coefficient (Wildman–Crippen LogP) is 5.22. The van der Waals surface area contributed by atoms with Crippen LogP contribution in [0.25, 0.3) is 0 Å². The summed E-state index contributed by atoms with van der Waals surface area (Å²) in [5.41, 5.74) is 1.32. The van der Waals surface area contributed by atoms with Crippen molar-refractivity contribution >= 4 is 28.4 Å². The Hall–Kier alpha value is -0.390. The Labute approximate surface area is 141 Å². The zero-order chi connectivity index (χ0) is 14.7. The van der Waals surface area contributed by atoms with Crippen LogP contribution in [-0.4, -0.2) is 16.5 Å². The van der Waals surface area contributed by atoms with Crippen LogP contribution in [0.2, 0.25) is 0 Å². The van der Waals surface area contributed by atoms with Crippen molar-refractivity contribution in [3.05, 3.63) is 15.1 Å². The molecule has 0 aliphatic heterocycles. The van der Waals surface area contributed by atoms with Gasteiger partial charge in [0.15, 0.2) is 0 Å². The maximum atomic E-state index is 5.01. The summed E-state index contributed by atoms with van der Waals surface area (Å²) in [7, 11) is 0. The van der Waals surface area contributed by atoms with Gasteiger partial charge in [0.25, 0.3) is 0 Å². The van der Waals surface area contributed by atoms with E-state index in [1.54, 1.807) is 0 Å². The van der Waals surface area contributed by atoms with Crippen molar-refractivity contribution in [3.8, 4) is 0 Å². The summed E-state index contributed by atoms with van der Waals surface area (Å²) in [4.78, 5) is 9.93. The molecule has 0 amide bonds. The number of nitrogens with one attached hydrogen (secondary N) is 1. The molecule has 2 fully saturated rings. The van der Waals surface area contributed by atoms with Gasteiger partial charge in [0.05, 0.1) is 9.26 Å². The number of anilines is 1. The molecule has 0 atom stereocenters. The summed E-state index contributed by atoms with van der Waals surface area (Å²) < 4.78 is 1.26. The van der Waals surface area contributed by atoms with Gasteiger partial charge in [-0.1, -0.05) is 32.6 Å². The van der Waals surface area contributed by atoms with Gasteiger partial charge >= 0.3 is 0 Å². The highest BCUT2D eigenvalue weighted by atomic mass is 127. The molecule has 2 saturated carbocycles.